The Kier molecular flexibility index (Phi) is 4.70. The molecule has 2 aromatic carbocycles. The van der Waals surface area contributed by atoms with Gasteiger partial charge in [0.1, 0.15) is 5.75 Å². The number of aryl methyl sites for hydroxylation is 1. The minimum Gasteiger partial charge on any atom is -0.497 e. The predicted molar refractivity (Wildman–Crippen MR) is 96.3 cm³/mol. The van der Waals surface area contributed by atoms with Gasteiger partial charge < -0.3 is 15.3 Å². The summed E-state index contributed by atoms with van der Waals surface area (Å²) >= 11 is 6.20. The summed E-state index contributed by atoms with van der Waals surface area (Å²) in [5, 5.41) is 12.3. The Bertz CT molecular complexity index is 820. The van der Waals surface area contributed by atoms with Crippen LogP contribution in [0.15, 0.2) is 54.7 Å². The molecule has 1 unspecified atom stereocenters. The number of halogens is 1. The summed E-state index contributed by atoms with van der Waals surface area (Å²) in [7, 11) is 1.58. The lowest BCUT2D eigenvalue weighted by molar-refractivity contribution is -0.150. The standard InChI is InChI=1S/C19H19ClN2O3/c1-13-3-4-14(11-17(13)20)12-22-19(18(23)24,9-10-21-22)15-5-7-16(25-2)8-6-15/h3-11,21H,12H2,1-2H3,(H,23,24). The second-order valence-corrected chi connectivity index (χ2v) is 6.34. The first-order valence-electron chi connectivity index (χ1n) is 7.82. The lowest BCUT2D eigenvalue weighted by Crippen LogP contribution is -2.51. The summed E-state index contributed by atoms with van der Waals surface area (Å²) in [4.78, 5) is 12.2. The van der Waals surface area contributed by atoms with Crippen molar-refractivity contribution in [2.75, 3.05) is 7.11 Å². The van der Waals surface area contributed by atoms with Gasteiger partial charge in [0.2, 0.25) is 0 Å². The first-order valence-corrected chi connectivity index (χ1v) is 8.19. The molecule has 0 saturated carbocycles. The molecule has 3 rings (SSSR count). The molecule has 130 valence electrons. The Morgan fingerprint density at radius 1 is 1.28 bits per heavy atom. The zero-order chi connectivity index (χ0) is 18.0. The van der Waals surface area contributed by atoms with Crippen LogP contribution in [0.3, 0.4) is 0 Å². The van der Waals surface area contributed by atoms with Gasteiger partial charge in [0, 0.05) is 17.8 Å². The molecule has 0 aromatic heterocycles. The van der Waals surface area contributed by atoms with E-state index in [9.17, 15) is 9.90 Å². The number of carbonyl (C=O) groups is 1. The van der Waals surface area contributed by atoms with Crippen molar-refractivity contribution in [1.82, 2.24) is 10.4 Å². The van der Waals surface area contributed by atoms with Crippen molar-refractivity contribution in [1.29, 1.82) is 0 Å². The molecular weight excluding hydrogens is 340 g/mol. The molecule has 0 amide bonds. The molecule has 0 bridgehead atoms. The molecule has 0 radical (unpaired) electrons. The number of hydrazine groups is 1. The highest BCUT2D eigenvalue weighted by Gasteiger charge is 2.46. The van der Waals surface area contributed by atoms with Crippen LogP contribution in [0, 0.1) is 6.92 Å². The first kappa shape index (κ1) is 17.3. The van der Waals surface area contributed by atoms with E-state index in [0.29, 0.717) is 22.9 Å². The largest absolute Gasteiger partial charge is 0.497 e. The lowest BCUT2D eigenvalue weighted by atomic mass is 9.89. The predicted octanol–water partition coefficient (Wildman–Crippen LogP) is 3.47. The molecule has 1 heterocycles. The van der Waals surface area contributed by atoms with Crippen molar-refractivity contribution >= 4 is 17.6 Å². The second-order valence-electron chi connectivity index (χ2n) is 5.93. The number of carboxylic acids is 1. The molecule has 0 spiro atoms. The van der Waals surface area contributed by atoms with Crippen LogP contribution < -0.4 is 10.2 Å². The molecule has 1 atom stereocenters. The van der Waals surface area contributed by atoms with Gasteiger partial charge in [-0.1, -0.05) is 35.9 Å². The minimum atomic E-state index is -1.30. The van der Waals surface area contributed by atoms with E-state index in [1.807, 2.05) is 25.1 Å². The number of nitrogens with zero attached hydrogens (tertiary/aromatic N) is 1. The van der Waals surface area contributed by atoms with Gasteiger partial charge >= 0.3 is 5.97 Å². The normalized spacial score (nSPS) is 19.6. The highest BCUT2D eigenvalue weighted by Crippen LogP contribution is 2.35. The van der Waals surface area contributed by atoms with E-state index in [2.05, 4.69) is 5.43 Å². The summed E-state index contributed by atoms with van der Waals surface area (Å²) in [6.07, 6.45) is 3.29. The molecular formula is C19H19ClN2O3. The quantitative estimate of drug-likeness (QED) is 0.857. The maximum Gasteiger partial charge on any atom is 0.334 e. The third-order valence-electron chi connectivity index (χ3n) is 4.41. The Morgan fingerprint density at radius 2 is 2.00 bits per heavy atom. The zero-order valence-corrected chi connectivity index (χ0v) is 14.7. The third-order valence-corrected chi connectivity index (χ3v) is 4.82. The van der Waals surface area contributed by atoms with Crippen molar-refractivity contribution in [2.45, 2.75) is 19.0 Å². The van der Waals surface area contributed by atoms with Crippen LogP contribution in [-0.2, 0) is 16.9 Å². The molecule has 6 heteroatoms. The van der Waals surface area contributed by atoms with Crippen LogP contribution in [-0.4, -0.2) is 23.2 Å². The fourth-order valence-corrected chi connectivity index (χ4v) is 3.14. The Morgan fingerprint density at radius 3 is 2.60 bits per heavy atom. The van der Waals surface area contributed by atoms with E-state index in [0.717, 1.165) is 11.1 Å². The summed E-state index contributed by atoms with van der Waals surface area (Å²) in [5.74, 6) is -0.284. The van der Waals surface area contributed by atoms with E-state index >= 15 is 0 Å². The van der Waals surface area contributed by atoms with Crippen LogP contribution in [0.25, 0.3) is 0 Å². The highest BCUT2D eigenvalue weighted by atomic mass is 35.5. The molecule has 2 aromatic rings. The molecule has 25 heavy (non-hydrogen) atoms. The number of nitrogens with one attached hydrogen (secondary N) is 1. The molecule has 0 saturated heterocycles. The van der Waals surface area contributed by atoms with Crippen LogP contribution in [0.5, 0.6) is 5.75 Å². The van der Waals surface area contributed by atoms with E-state index in [4.69, 9.17) is 16.3 Å². The Labute approximate surface area is 151 Å². The number of carboxylic acid groups (broad SMARTS) is 1. The van der Waals surface area contributed by atoms with Gasteiger partial charge in [-0.2, -0.15) is 5.01 Å². The number of hydrogen-bond donors (Lipinski definition) is 2. The SMILES string of the molecule is COc1ccc(C2(C(=O)O)C=CNN2Cc2ccc(C)c(Cl)c2)cc1. The number of methoxy groups -OCH3 is 1. The lowest BCUT2D eigenvalue weighted by Gasteiger charge is -2.34. The van der Waals surface area contributed by atoms with Gasteiger partial charge in [-0.3, -0.25) is 0 Å². The molecule has 1 aliphatic heterocycles. The van der Waals surface area contributed by atoms with Crippen molar-refractivity contribution in [3.63, 3.8) is 0 Å². The first-order chi connectivity index (χ1) is 12.0. The average Bonchev–Trinajstić information content (AvgIpc) is 3.03. The number of hydrogen-bond acceptors (Lipinski definition) is 4. The van der Waals surface area contributed by atoms with Crippen LogP contribution in [0.4, 0.5) is 0 Å². The molecule has 0 aliphatic carbocycles. The van der Waals surface area contributed by atoms with Gasteiger partial charge in [-0.15, -0.1) is 0 Å². The summed E-state index contributed by atoms with van der Waals surface area (Å²) in [6, 6.07) is 12.8. The number of aliphatic carboxylic acids is 1. The summed E-state index contributed by atoms with van der Waals surface area (Å²) in [5.41, 5.74) is 4.28. The summed E-state index contributed by atoms with van der Waals surface area (Å²) < 4.78 is 5.16. The van der Waals surface area contributed by atoms with Crippen molar-refractivity contribution in [3.05, 3.63) is 76.5 Å². The number of rotatable bonds is 5. The van der Waals surface area contributed by atoms with E-state index in [1.54, 1.807) is 48.7 Å². The van der Waals surface area contributed by atoms with Gasteiger partial charge in [0.15, 0.2) is 5.54 Å². The second kappa shape index (κ2) is 6.78. The van der Waals surface area contributed by atoms with Crippen molar-refractivity contribution in [2.24, 2.45) is 0 Å². The molecule has 0 fully saturated rings. The summed E-state index contributed by atoms with van der Waals surface area (Å²) in [6.45, 7) is 2.31. The van der Waals surface area contributed by atoms with Gasteiger partial charge in [-0.25, -0.2) is 4.79 Å². The highest BCUT2D eigenvalue weighted by molar-refractivity contribution is 6.31. The molecule has 2 N–H and O–H groups in total. The van der Waals surface area contributed by atoms with Gasteiger partial charge in [-0.05, 0) is 47.9 Å². The van der Waals surface area contributed by atoms with Crippen LogP contribution in [0.1, 0.15) is 16.7 Å². The van der Waals surface area contributed by atoms with Crippen molar-refractivity contribution < 1.29 is 14.6 Å². The van der Waals surface area contributed by atoms with Crippen molar-refractivity contribution in [3.8, 4) is 5.75 Å². The third kappa shape index (κ3) is 3.08. The maximum atomic E-state index is 12.2. The van der Waals surface area contributed by atoms with Crippen LogP contribution >= 0.6 is 11.6 Å². The Balaban J connectivity index is 1.97. The van der Waals surface area contributed by atoms with Gasteiger partial charge in [0.25, 0.3) is 0 Å². The smallest absolute Gasteiger partial charge is 0.334 e. The minimum absolute atomic E-state index is 0.380. The fraction of sp³-hybridized carbons (Fsp3) is 0.211. The average molecular weight is 359 g/mol. The van der Waals surface area contributed by atoms with E-state index in [1.165, 1.54) is 0 Å². The van der Waals surface area contributed by atoms with Gasteiger partial charge in [0.05, 0.1) is 7.11 Å². The van der Waals surface area contributed by atoms with Crippen LogP contribution in [0.2, 0.25) is 5.02 Å². The molecule has 5 nitrogen and oxygen atoms in total. The monoisotopic (exact) mass is 358 g/mol. The molecule has 1 aliphatic rings. The maximum absolute atomic E-state index is 12.2. The topological polar surface area (TPSA) is 61.8 Å². The zero-order valence-electron chi connectivity index (χ0n) is 14.0. The van der Waals surface area contributed by atoms with E-state index < -0.39 is 11.5 Å². The fourth-order valence-electron chi connectivity index (χ4n) is 2.93. The number of benzene rings is 2. The Hall–Kier alpha value is -2.50. The van der Waals surface area contributed by atoms with E-state index in [-0.39, 0.29) is 0 Å². The number of ether oxygens (including phenoxy) is 1.